The van der Waals surface area contributed by atoms with Crippen LogP contribution >= 0.6 is 0 Å². The van der Waals surface area contributed by atoms with E-state index >= 15 is 0 Å². The van der Waals surface area contributed by atoms with Crippen molar-refractivity contribution >= 4 is 0 Å². The third-order valence-corrected chi connectivity index (χ3v) is 3.33. The van der Waals surface area contributed by atoms with E-state index in [1.54, 1.807) is 10.9 Å². The van der Waals surface area contributed by atoms with Crippen LogP contribution in [0.1, 0.15) is 31.1 Å². The fourth-order valence-corrected chi connectivity index (χ4v) is 2.40. The molecule has 114 valence electrons. The SMILES string of the molecule is CCNC(c1c(F)cccc1F)c1c(OC)cnn1CC. The van der Waals surface area contributed by atoms with Gasteiger partial charge < -0.3 is 10.1 Å². The highest BCUT2D eigenvalue weighted by Gasteiger charge is 2.27. The van der Waals surface area contributed by atoms with Gasteiger partial charge in [0.05, 0.1) is 19.3 Å². The molecule has 0 fully saturated rings. The van der Waals surface area contributed by atoms with Crippen LogP contribution in [-0.2, 0) is 6.54 Å². The summed E-state index contributed by atoms with van der Waals surface area (Å²) in [6.45, 7) is 4.93. The van der Waals surface area contributed by atoms with Crippen molar-refractivity contribution in [1.29, 1.82) is 0 Å². The van der Waals surface area contributed by atoms with E-state index in [9.17, 15) is 8.78 Å². The summed E-state index contributed by atoms with van der Waals surface area (Å²) in [6, 6.07) is 3.20. The molecule has 6 heteroatoms. The standard InChI is InChI=1S/C15H19F2N3O/c1-4-18-14(13-10(16)7-6-8-11(13)17)15-12(21-3)9-19-20(15)5-2/h6-9,14,18H,4-5H2,1-3H3. The summed E-state index contributed by atoms with van der Waals surface area (Å²) in [5.74, 6) is -0.677. The lowest BCUT2D eigenvalue weighted by Crippen LogP contribution is -2.27. The molecule has 0 aliphatic carbocycles. The van der Waals surface area contributed by atoms with E-state index in [2.05, 4.69) is 10.4 Å². The van der Waals surface area contributed by atoms with Crippen molar-refractivity contribution in [3.05, 3.63) is 47.3 Å². The smallest absolute Gasteiger partial charge is 0.161 e. The van der Waals surface area contributed by atoms with Crippen molar-refractivity contribution in [2.75, 3.05) is 13.7 Å². The van der Waals surface area contributed by atoms with E-state index in [0.717, 1.165) is 0 Å². The van der Waals surface area contributed by atoms with Crippen molar-refractivity contribution < 1.29 is 13.5 Å². The first-order valence-electron chi connectivity index (χ1n) is 6.90. The molecule has 2 rings (SSSR count). The molecule has 0 saturated carbocycles. The molecule has 1 aromatic carbocycles. The Morgan fingerprint density at radius 2 is 1.95 bits per heavy atom. The fourth-order valence-electron chi connectivity index (χ4n) is 2.40. The molecule has 0 spiro atoms. The summed E-state index contributed by atoms with van der Waals surface area (Å²) in [7, 11) is 1.52. The van der Waals surface area contributed by atoms with Crippen molar-refractivity contribution in [2.24, 2.45) is 0 Å². The van der Waals surface area contributed by atoms with Crippen LogP contribution in [0.15, 0.2) is 24.4 Å². The van der Waals surface area contributed by atoms with Crippen LogP contribution in [0.3, 0.4) is 0 Å². The maximum atomic E-state index is 14.1. The second kappa shape index (κ2) is 6.67. The summed E-state index contributed by atoms with van der Waals surface area (Å²) in [5.41, 5.74) is 0.596. The predicted octanol–water partition coefficient (Wildman–Crippen LogP) is 2.89. The van der Waals surface area contributed by atoms with Crippen LogP contribution in [0.5, 0.6) is 5.75 Å². The third-order valence-electron chi connectivity index (χ3n) is 3.33. The van der Waals surface area contributed by atoms with Crippen molar-refractivity contribution in [3.63, 3.8) is 0 Å². The zero-order valence-electron chi connectivity index (χ0n) is 12.4. The highest BCUT2D eigenvalue weighted by atomic mass is 19.1. The molecule has 1 heterocycles. The molecule has 0 aliphatic rings. The number of hydrogen-bond acceptors (Lipinski definition) is 3. The minimum atomic E-state index is -0.659. The first-order valence-corrected chi connectivity index (χ1v) is 6.90. The van der Waals surface area contributed by atoms with Gasteiger partial charge in [0.1, 0.15) is 17.3 Å². The Morgan fingerprint density at radius 3 is 2.48 bits per heavy atom. The number of nitrogens with one attached hydrogen (secondary N) is 1. The van der Waals surface area contributed by atoms with E-state index in [1.165, 1.54) is 25.3 Å². The first kappa shape index (κ1) is 15.4. The topological polar surface area (TPSA) is 39.1 Å². The molecule has 0 saturated heterocycles. The van der Waals surface area contributed by atoms with Crippen molar-refractivity contribution in [3.8, 4) is 5.75 Å². The van der Waals surface area contributed by atoms with Crippen LogP contribution in [0, 0.1) is 11.6 Å². The van der Waals surface area contributed by atoms with Gasteiger partial charge in [0, 0.05) is 12.1 Å². The average molecular weight is 295 g/mol. The quantitative estimate of drug-likeness (QED) is 0.890. The lowest BCUT2D eigenvalue weighted by Gasteiger charge is -2.21. The van der Waals surface area contributed by atoms with Gasteiger partial charge in [-0.1, -0.05) is 13.0 Å². The van der Waals surface area contributed by atoms with Crippen LogP contribution in [-0.4, -0.2) is 23.4 Å². The number of halogens is 2. The van der Waals surface area contributed by atoms with Gasteiger partial charge >= 0.3 is 0 Å². The molecule has 21 heavy (non-hydrogen) atoms. The van der Waals surface area contributed by atoms with Gasteiger partial charge in [0.25, 0.3) is 0 Å². The van der Waals surface area contributed by atoms with E-state index < -0.39 is 17.7 Å². The van der Waals surface area contributed by atoms with Gasteiger partial charge in [-0.05, 0) is 25.6 Å². The predicted molar refractivity (Wildman–Crippen MR) is 76.3 cm³/mol. The second-order valence-corrected chi connectivity index (χ2v) is 4.54. The fraction of sp³-hybridized carbons (Fsp3) is 0.400. The third kappa shape index (κ3) is 2.90. The minimum absolute atomic E-state index is 0.0205. The van der Waals surface area contributed by atoms with E-state index in [-0.39, 0.29) is 5.56 Å². The molecule has 0 bridgehead atoms. The highest BCUT2D eigenvalue weighted by Crippen LogP contribution is 2.32. The summed E-state index contributed by atoms with van der Waals surface area (Å²) in [4.78, 5) is 0. The Morgan fingerprint density at radius 1 is 1.29 bits per heavy atom. The zero-order valence-corrected chi connectivity index (χ0v) is 12.4. The Hall–Kier alpha value is -1.95. The number of nitrogens with zero attached hydrogens (tertiary/aromatic N) is 2. The van der Waals surface area contributed by atoms with E-state index in [1.807, 2.05) is 13.8 Å². The summed E-state index contributed by atoms with van der Waals surface area (Å²) in [6.07, 6.45) is 1.56. The molecule has 1 aromatic heterocycles. The van der Waals surface area contributed by atoms with Crippen LogP contribution < -0.4 is 10.1 Å². The molecule has 0 radical (unpaired) electrons. The molecular weight excluding hydrogens is 276 g/mol. The Balaban J connectivity index is 2.61. The number of aromatic nitrogens is 2. The Kier molecular flexibility index (Phi) is 4.90. The normalized spacial score (nSPS) is 12.4. The molecular formula is C15H19F2N3O. The number of ether oxygens (including phenoxy) is 1. The number of rotatable bonds is 6. The zero-order chi connectivity index (χ0) is 15.4. The molecule has 1 atom stereocenters. The van der Waals surface area contributed by atoms with Gasteiger partial charge in [-0.25, -0.2) is 8.78 Å². The van der Waals surface area contributed by atoms with Gasteiger partial charge in [0.2, 0.25) is 0 Å². The first-order chi connectivity index (χ1) is 10.1. The summed E-state index contributed by atoms with van der Waals surface area (Å²) >= 11 is 0. The van der Waals surface area contributed by atoms with Crippen LogP contribution in [0.2, 0.25) is 0 Å². The Bertz CT molecular complexity index is 571. The monoisotopic (exact) mass is 295 g/mol. The number of benzene rings is 1. The largest absolute Gasteiger partial charge is 0.493 e. The lowest BCUT2D eigenvalue weighted by atomic mass is 10.0. The number of hydrogen-bond donors (Lipinski definition) is 1. The van der Waals surface area contributed by atoms with Gasteiger partial charge in [0.15, 0.2) is 5.75 Å². The average Bonchev–Trinajstić information content (AvgIpc) is 2.88. The second-order valence-electron chi connectivity index (χ2n) is 4.54. The maximum Gasteiger partial charge on any atom is 0.161 e. The molecule has 4 nitrogen and oxygen atoms in total. The molecule has 2 aromatic rings. The van der Waals surface area contributed by atoms with Crippen molar-refractivity contribution in [1.82, 2.24) is 15.1 Å². The van der Waals surface area contributed by atoms with Gasteiger partial charge in [-0.15, -0.1) is 0 Å². The molecule has 1 unspecified atom stereocenters. The highest BCUT2D eigenvalue weighted by molar-refractivity contribution is 5.37. The van der Waals surface area contributed by atoms with E-state index in [4.69, 9.17) is 4.74 Å². The number of methoxy groups -OCH3 is 1. The molecule has 1 N–H and O–H groups in total. The van der Waals surface area contributed by atoms with Crippen LogP contribution in [0.25, 0.3) is 0 Å². The van der Waals surface area contributed by atoms with Gasteiger partial charge in [-0.2, -0.15) is 5.10 Å². The minimum Gasteiger partial charge on any atom is -0.493 e. The number of aryl methyl sites for hydroxylation is 1. The van der Waals surface area contributed by atoms with Crippen molar-refractivity contribution in [2.45, 2.75) is 26.4 Å². The molecule has 0 aliphatic heterocycles. The maximum absolute atomic E-state index is 14.1. The molecule has 0 amide bonds. The van der Waals surface area contributed by atoms with E-state index in [0.29, 0.717) is 24.5 Å². The Labute approximate surface area is 122 Å². The van der Waals surface area contributed by atoms with Gasteiger partial charge in [-0.3, -0.25) is 4.68 Å². The summed E-state index contributed by atoms with van der Waals surface area (Å²) < 4.78 is 35.2. The summed E-state index contributed by atoms with van der Waals surface area (Å²) in [5, 5.41) is 7.31. The lowest BCUT2D eigenvalue weighted by molar-refractivity contribution is 0.395. The van der Waals surface area contributed by atoms with Crippen LogP contribution in [0.4, 0.5) is 8.78 Å².